The zero-order valence-electron chi connectivity index (χ0n) is 12.8. The number of carboxylic acid groups (broad SMARTS) is 1. The molecule has 0 aliphatic rings. The summed E-state index contributed by atoms with van der Waals surface area (Å²) in [6, 6.07) is 3.93. The number of rotatable bonds is 10. The van der Waals surface area contributed by atoms with Crippen molar-refractivity contribution < 1.29 is 24.3 Å². The zero-order chi connectivity index (χ0) is 16.4. The van der Waals surface area contributed by atoms with Gasteiger partial charge in [0.25, 0.3) is 0 Å². The largest absolute Gasteiger partial charge is 0.478 e. The van der Waals surface area contributed by atoms with Crippen molar-refractivity contribution in [3.8, 4) is 5.75 Å². The lowest BCUT2D eigenvalue weighted by Crippen LogP contribution is -2.11. The molecule has 0 aliphatic heterocycles. The standard InChI is InChI=1S/C16H23NO5/c1-2-3-4-5-6-7-10-21-16(20)12-8-9-13(15(18)19)14(11-12)22-17/h8-9,11H,2-7,10,17H2,1H3,(H,18,19). The van der Waals surface area contributed by atoms with Crippen LogP contribution in [0.15, 0.2) is 18.2 Å². The molecule has 6 heteroatoms. The molecule has 3 N–H and O–H groups in total. The van der Waals surface area contributed by atoms with Crippen molar-refractivity contribution in [2.24, 2.45) is 5.90 Å². The first-order valence-corrected chi connectivity index (χ1v) is 7.51. The fourth-order valence-electron chi connectivity index (χ4n) is 2.05. The van der Waals surface area contributed by atoms with Crippen molar-refractivity contribution in [2.45, 2.75) is 45.4 Å². The molecule has 1 aromatic carbocycles. The molecule has 0 unspecified atom stereocenters. The molecular formula is C16H23NO5. The second kappa shape index (κ2) is 9.78. The number of carbonyl (C=O) groups is 2. The van der Waals surface area contributed by atoms with Crippen molar-refractivity contribution in [1.82, 2.24) is 0 Å². The molecule has 1 aromatic rings. The number of carboxylic acids is 1. The number of aromatic carboxylic acids is 1. The molecule has 122 valence electrons. The minimum absolute atomic E-state index is 0.0680. The van der Waals surface area contributed by atoms with Crippen LogP contribution in [0, 0.1) is 0 Å². The average molecular weight is 309 g/mol. The van der Waals surface area contributed by atoms with Crippen LogP contribution in [0.3, 0.4) is 0 Å². The summed E-state index contributed by atoms with van der Waals surface area (Å²) < 4.78 is 5.15. The van der Waals surface area contributed by atoms with Gasteiger partial charge in [-0.15, -0.1) is 0 Å². The number of unbranched alkanes of at least 4 members (excludes halogenated alkanes) is 5. The molecule has 0 atom stereocenters. The van der Waals surface area contributed by atoms with E-state index in [1.165, 1.54) is 37.5 Å². The predicted molar refractivity (Wildman–Crippen MR) is 81.9 cm³/mol. The first-order chi connectivity index (χ1) is 10.6. The number of hydrogen-bond donors (Lipinski definition) is 2. The molecule has 0 saturated heterocycles. The molecule has 0 aromatic heterocycles. The number of hydrogen-bond acceptors (Lipinski definition) is 5. The Morgan fingerprint density at radius 2 is 1.82 bits per heavy atom. The van der Waals surface area contributed by atoms with Crippen LogP contribution in [0.2, 0.25) is 0 Å². The minimum atomic E-state index is -1.17. The van der Waals surface area contributed by atoms with E-state index in [1.54, 1.807) is 0 Å². The predicted octanol–water partition coefficient (Wildman–Crippen LogP) is 3.15. The lowest BCUT2D eigenvalue weighted by molar-refractivity contribution is 0.0496. The van der Waals surface area contributed by atoms with Crippen LogP contribution in [0.1, 0.15) is 66.2 Å². The maximum Gasteiger partial charge on any atom is 0.339 e. The van der Waals surface area contributed by atoms with Crippen LogP contribution in [0.4, 0.5) is 0 Å². The maximum absolute atomic E-state index is 11.9. The summed E-state index contributed by atoms with van der Waals surface area (Å²) >= 11 is 0. The summed E-state index contributed by atoms with van der Waals surface area (Å²) in [5.74, 6) is 3.27. The quantitative estimate of drug-likeness (QED) is 0.391. The van der Waals surface area contributed by atoms with Crippen molar-refractivity contribution in [1.29, 1.82) is 0 Å². The van der Waals surface area contributed by atoms with E-state index < -0.39 is 11.9 Å². The third-order valence-corrected chi connectivity index (χ3v) is 3.31. The van der Waals surface area contributed by atoms with Crippen LogP contribution in [-0.2, 0) is 4.74 Å². The van der Waals surface area contributed by atoms with E-state index >= 15 is 0 Å². The van der Waals surface area contributed by atoms with Gasteiger partial charge in [0.15, 0.2) is 5.75 Å². The van der Waals surface area contributed by atoms with Gasteiger partial charge in [0.1, 0.15) is 5.56 Å². The van der Waals surface area contributed by atoms with Crippen LogP contribution < -0.4 is 10.7 Å². The highest BCUT2D eigenvalue weighted by atomic mass is 16.6. The van der Waals surface area contributed by atoms with Crippen LogP contribution in [0.5, 0.6) is 5.75 Å². The summed E-state index contributed by atoms with van der Waals surface area (Å²) in [5, 5.41) is 8.94. The zero-order valence-corrected chi connectivity index (χ0v) is 12.8. The third-order valence-electron chi connectivity index (χ3n) is 3.31. The highest BCUT2D eigenvalue weighted by Crippen LogP contribution is 2.20. The normalized spacial score (nSPS) is 10.3. The molecule has 0 aliphatic carbocycles. The van der Waals surface area contributed by atoms with E-state index in [4.69, 9.17) is 15.7 Å². The van der Waals surface area contributed by atoms with Gasteiger partial charge >= 0.3 is 11.9 Å². The summed E-state index contributed by atoms with van der Waals surface area (Å²) in [4.78, 5) is 27.3. The molecule has 0 saturated carbocycles. The number of benzene rings is 1. The molecule has 0 radical (unpaired) electrons. The van der Waals surface area contributed by atoms with Gasteiger partial charge in [0.2, 0.25) is 0 Å². The first kappa shape index (κ1) is 18.0. The van der Waals surface area contributed by atoms with Crippen LogP contribution in [0.25, 0.3) is 0 Å². The summed E-state index contributed by atoms with van der Waals surface area (Å²) in [6.45, 7) is 2.52. The van der Waals surface area contributed by atoms with Crippen molar-refractivity contribution in [2.75, 3.05) is 6.61 Å². The van der Waals surface area contributed by atoms with E-state index in [1.807, 2.05) is 0 Å². The molecule has 1 rings (SSSR count). The van der Waals surface area contributed by atoms with E-state index in [2.05, 4.69) is 11.8 Å². The molecule has 0 amide bonds. The van der Waals surface area contributed by atoms with Gasteiger partial charge in [-0.2, -0.15) is 5.90 Å². The summed E-state index contributed by atoms with van der Waals surface area (Å²) in [5.41, 5.74) is 0.117. The highest BCUT2D eigenvalue weighted by Gasteiger charge is 2.15. The highest BCUT2D eigenvalue weighted by molar-refractivity contribution is 5.95. The summed E-state index contributed by atoms with van der Waals surface area (Å²) in [7, 11) is 0. The second-order valence-electron chi connectivity index (χ2n) is 5.04. The second-order valence-corrected chi connectivity index (χ2v) is 5.04. The molecule has 0 bridgehead atoms. The number of ether oxygens (including phenoxy) is 1. The van der Waals surface area contributed by atoms with Crippen molar-refractivity contribution >= 4 is 11.9 Å². The molecule has 0 spiro atoms. The van der Waals surface area contributed by atoms with E-state index in [9.17, 15) is 9.59 Å². The fourth-order valence-corrected chi connectivity index (χ4v) is 2.05. The Balaban J connectivity index is 2.44. The third kappa shape index (κ3) is 5.73. The Kier molecular flexibility index (Phi) is 7.99. The number of esters is 1. The molecule has 6 nitrogen and oxygen atoms in total. The lowest BCUT2D eigenvalue weighted by Gasteiger charge is -2.08. The topological polar surface area (TPSA) is 98.9 Å². The smallest absolute Gasteiger partial charge is 0.339 e. The summed E-state index contributed by atoms with van der Waals surface area (Å²) in [6.07, 6.45) is 6.64. The van der Waals surface area contributed by atoms with Crippen molar-refractivity contribution in [3.05, 3.63) is 29.3 Å². The molecule has 0 fully saturated rings. The monoisotopic (exact) mass is 309 g/mol. The molecular weight excluding hydrogens is 286 g/mol. The Hall–Kier alpha value is -2.08. The van der Waals surface area contributed by atoms with E-state index in [0.29, 0.717) is 6.61 Å². The Morgan fingerprint density at radius 3 is 2.45 bits per heavy atom. The molecule has 22 heavy (non-hydrogen) atoms. The van der Waals surface area contributed by atoms with E-state index in [-0.39, 0.29) is 16.9 Å². The SMILES string of the molecule is CCCCCCCCOC(=O)c1ccc(C(=O)O)c(ON)c1. The van der Waals surface area contributed by atoms with Gasteiger partial charge in [-0.3, -0.25) is 0 Å². The Bertz CT molecular complexity index is 501. The van der Waals surface area contributed by atoms with Crippen molar-refractivity contribution in [3.63, 3.8) is 0 Å². The molecule has 0 heterocycles. The first-order valence-electron chi connectivity index (χ1n) is 7.51. The maximum atomic E-state index is 11.9. The minimum Gasteiger partial charge on any atom is -0.478 e. The average Bonchev–Trinajstić information content (AvgIpc) is 2.53. The van der Waals surface area contributed by atoms with Gasteiger partial charge in [-0.05, 0) is 24.6 Å². The van der Waals surface area contributed by atoms with Crippen LogP contribution >= 0.6 is 0 Å². The number of carbonyl (C=O) groups excluding carboxylic acids is 1. The Morgan fingerprint density at radius 1 is 1.14 bits per heavy atom. The van der Waals surface area contributed by atoms with Gasteiger partial charge in [0.05, 0.1) is 12.2 Å². The van der Waals surface area contributed by atoms with Gasteiger partial charge in [-0.25, -0.2) is 9.59 Å². The lowest BCUT2D eigenvalue weighted by atomic mass is 10.1. The number of nitrogens with two attached hydrogens (primary N) is 1. The fraction of sp³-hybridized carbons (Fsp3) is 0.500. The van der Waals surface area contributed by atoms with Gasteiger partial charge in [0, 0.05) is 0 Å². The van der Waals surface area contributed by atoms with Gasteiger partial charge in [-0.1, -0.05) is 39.0 Å². The van der Waals surface area contributed by atoms with Crippen LogP contribution in [-0.4, -0.2) is 23.7 Å². The Labute approximate surface area is 130 Å². The van der Waals surface area contributed by atoms with Gasteiger partial charge < -0.3 is 14.7 Å². The van der Waals surface area contributed by atoms with E-state index in [0.717, 1.165) is 19.3 Å².